The highest BCUT2D eigenvalue weighted by Gasteiger charge is 2.41. The average Bonchev–Trinajstić information content (AvgIpc) is 3.14. The molecule has 1 aromatic rings. The number of carbonyl (C=O) groups excluding carboxylic acids is 1. The molecular formula is C17H24FN3O4S. The van der Waals surface area contributed by atoms with Crippen LogP contribution in [0.2, 0.25) is 0 Å². The summed E-state index contributed by atoms with van der Waals surface area (Å²) in [5.74, 6) is -0.591. The van der Waals surface area contributed by atoms with Gasteiger partial charge in [0.05, 0.1) is 24.5 Å². The van der Waals surface area contributed by atoms with Crippen molar-refractivity contribution in [3.63, 3.8) is 0 Å². The second-order valence-electron chi connectivity index (χ2n) is 6.66. The lowest BCUT2D eigenvalue weighted by molar-refractivity contribution is -0.132. The van der Waals surface area contributed by atoms with Gasteiger partial charge in [0.1, 0.15) is 5.82 Å². The SMILES string of the molecule is CN(Cc1ccccc1F)C(=O)C1CC(S(=O)(=O)N2CCOCC2)CN1. The van der Waals surface area contributed by atoms with Gasteiger partial charge in [-0.3, -0.25) is 4.79 Å². The normalized spacial score (nSPS) is 24.5. The van der Waals surface area contributed by atoms with Crippen molar-refractivity contribution < 1.29 is 22.3 Å². The third-order valence-electron chi connectivity index (χ3n) is 4.88. The topological polar surface area (TPSA) is 79.0 Å². The molecule has 7 nitrogen and oxygen atoms in total. The quantitative estimate of drug-likeness (QED) is 0.782. The number of hydrogen-bond donors (Lipinski definition) is 1. The average molecular weight is 385 g/mol. The van der Waals surface area contributed by atoms with Gasteiger partial charge in [0, 0.05) is 38.8 Å². The largest absolute Gasteiger partial charge is 0.379 e. The number of sulfonamides is 1. The van der Waals surface area contributed by atoms with Gasteiger partial charge in [-0.15, -0.1) is 0 Å². The van der Waals surface area contributed by atoms with E-state index < -0.39 is 21.3 Å². The van der Waals surface area contributed by atoms with Gasteiger partial charge < -0.3 is 15.0 Å². The van der Waals surface area contributed by atoms with Gasteiger partial charge in [0.25, 0.3) is 0 Å². The van der Waals surface area contributed by atoms with E-state index in [1.165, 1.54) is 15.3 Å². The number of benzene rings is 1. The Balaban J connectivity index is 1.60. The fraction of sp³-hybridized carbons (Fsp3) is 0.588. The lowest BCUT2D eigenvalue weighted by atomic mass is 10.1. The number of rotatable bonds is 5. The first-order chi connectivity index (χ1) is 12.4. The molecule has 2 fully saturated rings. The number of morpholine rings is 1. The summed E-state index contributed by atoms with van der Waals surface area (Å²) in [5, 5.41) is 2.38. The van der Waals surface area contributed by atoms with Crippen molar-refractivity contribution in [2.24, 2.45) is 0 Å². The standard InChI is InChI=1S/C17H24FN3O4S/c1-20(12-13-4-2-3-5-15(13)18)17(22)16-10-14(11-19-16)26(23,24)21-6-8-25-9-7-21/h2-5,14,16,19H,6-12H2,1H3. The molecular weight excluding hydrogens is 361 g/mol. The second-order valence-corrected chi connectivity index (χ2v) is 8.87. The maximum Gasteiger partial charge on any atom is 0.239 e. The molecule has 0 radical (unpaired) electrons. The van der Waals surface area contributed by atoms with Crippen LogP contribution in [-0.2, 0) is 26.1 Å². The van der Waals surface area contributed by atoms with Gasteiger partial charge in [-0.2, -0.15) is 4.31 Å². The Bertz CT molecular complexity index is 752. The molecule has 2 aliphatic rings. The maximum atomic E-state index is 13.8. The molecule has 0 saturated carbocycles. The van der Waals surface area contributed by atoms with Crippen molar-refractivity contribution in [1.82, 2.24) is 14.5 Å². The van der Waals surface area contributed by atoms with E-state index in [4.69, 9.17) is 4.74 Å². The first-order valence-corrected chi connectivity index (χ1v) is 10.2. The van der Waals surface area contributed by atoms with E-state index in [2.05, 4.69) is 5.32 Å². The number of nitrogens with one attached hydrogen (secondary N) is 1. The molecule has 2 heterocycles. The van der Waals surface area contributed by atoms with Crippen LogP contribution in [0.4, 0.5) is 4.39 Å². The molecule has 26 heavy (non-hydrogen) atoms. The van der Waals surface area contributed by atoms with Gasteiger partial charge in [0.2, 0.25) is 15.9 Å². The summed E-state index contributed by atoms with van der Waals surface area (Å²) < 4.78 is 45.8. The number of carbonyl (C=O) groups is 1. The van der Waals surface area contributed by atoms with Crippen LogP contribution < -0.4 is 5.32 Å². The van der Waals surface area contributed by atoms with Crippen LogP contribution in [0.5, 0.6) is 0 Å². The van der Waals surface area contributed by atoms with Gasteiger partial charge >= 0.3 is 0 Å². The zero-order valence-corrected chi connectivity index (χ0v) is 15.5. The van der Waals surface area contributed by atoms with Crippen LogP contribution in [0.15, 0.2) is 24.3 Å². The van der Waals surface area contributed by atoms with Crippen molar-refractivity contribution in [2.45, 2.75) is 24.3 Å². The molecule has 3 rings (SSSR count). The molecule has 0 spiro atoms. The molecule has 2 aliphatic heterocycles. The van der Waals surface area contributed by atoms with E-state index in [-0.39, 0.29) is 31.2 Å². The summed E-state index contributed by atoms with van der Waals surface area (Å²) in [4.78, 5) is 14.1. The van der Waals surface area contributed by atoms with Gasteiger partial charge in [-0.05, 0) is 12.5 Å². The van der Waals surface area contributed by atoms with Gasteiger partial charge in [-0.1, -0.05) is 18.2 Å². The van der Waals surface area contributed by atoms with Crippen LogP contribution in [-0.4, -0.2) is 74.7 Å². The maximum absolute atomic E-state index is 13.8. The molecule has 1 amide bonds. The molecule has 1 aromatic carbocycles. The van der Waals surface area contributed by atoms with Crippen molar-refractivity contribution in [3.05, 3.63) is 35.6 Å². The summed E-state index contributed by atoms with van der Waals surface area (Å²) in [7, 11) is -1.86. The summed E-state index contributed by atoms with van der Waals surface area (Å²) in [6, 6.07) is 5.72. The molecule has 0 bridgehead atoms. The number of ether oxygens (including phenoxy) is 1. The number of hydrogen-bond acceptors (Lipinski definition) is 5. The smallest absolute Gasteiger partial charge is 0.239 e. The van der Waals surface area contributed by atoms with Crippen molar-refractivity contribution in [2.75, 3.05) is 39.9 Å². The monoisotopic (exact) mass is 385 g/mol. The fourth-order valence-corrected chi connectivity index (χ4v) is 5.18. The van der Waals surface area contributed by atoms with E-state index in [9.17, 15) is 17.6 Å². The molecule has 0 aromatic heterocycles. The van der Waals surface area contributed by atoms with Crippen molar-refractivity contribution in [3.8, 4) is 0 Å². The molecule has 1 N–H and O–H groups in total. The fourth-order valence-electron chi connectivity index (χ4n) is 3.36. The Hall–Kier alpha value is -1.55. The zero-order valence-electron chi connectivity index (χ0n) is 14.7. The van der Waals surface area contributed by atoms with Crippen LogP contribution in [0.3, 0.4) is 0 Å². The minimum atomic E-state index is -3.46. The Labute approximate surface area is 153 Å². The Morgan fingerprint density at radius 2 is 2.04 bits per heavy atom. The molecule has 0 aliphatic carbocycles. The van der Waals surface area contributed by atoms with E-state index >= 15 is 0 Å². The van der Waals surface area contributed by atoms with E-state index in [1.54, 1.807) is 25.2 Å². The third-order valence-corrected chi connectivity index (χ3v) is 7.17. The minimum absolute atomic E-state index is 0.143. The molecule has 144 valence electrons. The molecule has 9 heteroatoms. The molecule has 2 unspecified atom stereocenters. The first-order valence-electron chi connectivity index (χ1n) is 8.68. The second kappa shape index (κ2) is 7.99. The molecule has 2 saturated heterocycles. The van der Waals surface area contributed by atoms with E-state index in [0.29, 0.717) is 31.9 Å². The van der Waals surface area contributed by atoms with Gasteiger partial charge in [0.15, 0.2) is 0 Å². The number of nitrogens with zero attached hydrogens (tertiary/aromatic N) is 2. The number of likely N-dealkylation sites (N-methyl/N-ethyl adjacent to an activating group) is 1. The highest BCUT2D eigenvalue weighted by atomic mass is 32.2. The lowest BCUT2D eigenvalue weighted by Gasteiger charge is -2.28. The van der Waals surface area contributed by atoms with Crippen molar-refractivity contribution >= 4 is 15.9 Å². The number of amides is 1. The van der Waals surface area contributed by atoms with Crippen LogP contribution in [0.1, 0.15) is 12.0 Å². The predicted molar refractivity (Wildman–Crippen MR) is 94.4 cm³/mol. The van der Waals surface area contributed by atoms with Crippen LogP contribution in [0, 0.1) is 5.82 Å². The van der Waals surface area contributed by atoms with E-state index in [0.717, 1.165) is 0 Å². The highest BCUT2D eigenvalue weighted by molar-refractivity contribution is 7.89. The lowest BCUT2D eigenvalue weighted by Crippen LogP contribution is -2.45. The van der Waals surface area contributed by atoms with Crippen LogP contribution in [0.25, 0.3) is 0 Å². The first kappa shape index (κ1) is 19.2. The van der Waals surface area contributed by atoms with Crippen LogP contribution >= 0.6 is 0 Å². The zero-order chi connectivity index (χ0) is 18.7. The molecule has 2 atom stereocenters. The third kappa shape index (κ3) is 4.06. The summed E-state index contributed by atoms with van der Waals surface area (Å²) in [5.41, 5.74) is 0.429. The van der Waals surface area contributed by atoms with Gasteiger partial charge in [-0.25, -0.2) is 12.8 Å². The number of halogens is 1. The Morgan fingerprint density at radius 3 is 2.73 bits per heavy atom. The predicted octanol–water partition coefficient (Wildman–Crippen LogP) is 0.177. The van der Waals surface area contributed by atoms with Crippen molar-refractivity contribution in [1.29, 1.82) is 0 Å². The Morgan fingerprint density at radius 1 is 1.35 bits per heavy atom. The summed E-state index contributed by atoms with van der Waals surface area (Å²) >= 11 is 0. The van der Waals surface area contributed by atoms with E-state index in [1.807, 2.05) is 0 Å². The summed E-state index contributed by atoms with van der Waals surface area (Å²) in [6.45, 7) is 1.88. The summed E-state index contributed by atoms with van der Waals surface area (Å²) in [6.07, 6.45) is 0.222. The Kier molecular flexibility index (Phi) is 5.91. The highest BCUT2D eigenvalue weighted by Crippen LogP contribution is 2.21. The minimum Gasteiger partial charge on any atom is -0.379 e.